The highest BCUT2D eigenvalue weighted by Gasteiger charge is 2.40. The van der Waals surface area contributed by atoms with Gasteiger partial charge in [0.25, 0.3) is 0 Å². The molecule has 1 aromatic rings. The second kappa shape index (κ2) is 6.89. The van der Waals surface area contributed by atoms with Crippen LogP contribution in [0.3, 0.4) is 0 Å². The molecule has 0 bridgehead atoms. The van der Waals surface area contributed by atoms with Gasteiger partial charge < -0.3 is 9.84 Å². The summed E-state index contributed by atoms with van der Waals surface area (Å²) in [4.78, 5) is 15.8. The van der Waals surface area contributed by atoms with Gasteiger partial charge in [-0.2, -0.15) is 0 Å². The van der Waals surface area contributed by atoms with E-state index in [-0.39, 0.29) is 0 Å². The van der Waals surface area contributed by atoms with Crippen LogP contribution in [-0.2, 0) is 11.3 Å². The minimum absolute atomic E-state index is 0.475. The smallest absolute Gasteiger partial charge is 0.412 e. The summed E-state index contributed by atoms with van der Waals surface area (Å²) in [6.07, 6.45) is 0.571. The first-order valence-corrected chi connectivity index (χ1v) is 8.15. The normalized spacial score (nSPS) is 18.5. The molecule has 0 unspecified atom stereocenters. The average molecular weight is 320 g/mol. The van der Waals surface area contributed by atoms with Crippen molar-refractivity contribution in [3.8, 4) is 0 Å². The molecule has 0 saturated carbocycles. The lowest BCUT2D eigenvalue weighted by Gasteiger charge is -2.43. The van der Waals surface area contributed by atoms with Crippen molar-refractivity contribution in [2.24, 2.45) is 0 Å². The quantitative estimate of drug-likeness (QED) is 0.870. The molecule has 0 aromatic heterocycles. The van der Waals surface area contributed by atoms with Crippen LogP contribution < -0.4 is 0 Å². The number of amides is 1. The average Bonchev–Trinajstić information content (AvgIpc) is 2.48. The zero-order valence-corrected chi connectivity index (χ0v) is 14.6. The van der Waals surface area contributed by atoms with Gasteiger partial charge in [0, 0.05) is 39.5 Å². The molecule has 2 rings (SSSR count). The molecule has 128 valence electrons. The molecule has 0 aliphatic carbocycles. The Morgan fingerprint density at radius 2 is 1.83 bits per heavy atom. The maximum Gasteiger partial charge on any atom is 0.412 e. The van der Waals surface area contributed by atoms with Gasteiger partial charge in [-0.3, -0.25) is 9.80 Å². The molecule has 5 nitrogen and oxygen atoms in total. The molecule has 1 heterocycles. The number of likely N-dealkylation sites (tertiary alicyclic amines) is 1. The first-order chi connectivity index (χ1) is 10.7. The van der Waals surface area contributed by atoms with Gasteiger partial charge >= 0.3 is 6.09 Å². The number of nitrogens with zero attached hydrogens (tertiary/aromatic N) is 2. The number of benzene rings is 1. The maximum atomic E-state index is 12.2. The topological polar surface area (TPSA) is 53.0 Å². The molecule has 1 aliphatic heterocycles. The summed E-state index contributed by atoms with van der Waals surface area (Å²) in [5, 5.41) is 10.8. The monoisotopic (exact) mass is 320 g/mol. The van der Waals surface area contributed by atoms with Gasteiger partial charge in [-0.25, -0.2) is 4.79 Å². The number of hydrogen-bond acceptors (Lipinski definition) is 4. The highest BCUT2D eigenvalue weighted by molar-refractivity contribution is 5.68. The van der Waals surface area contributed by atoms with E-state index in [9.17, 15) is 9.90 Å². The Balaban J connectivity index is 1.90. The largest absolute Gasteiger partial charge is 0.444 e. The Morgan fingerprint density at radius 3 is 2.35 bits per heavy atom. The highest BCUT2D eigenvalue weighted by Crippen LogP contribution is 2.27. The molecular weight excluding hydrogens is 292 g/mol. The summed E-state index contributed by atoms with van der Waals surface area (Å²) in [6.45, 7) is 7.84. The van der Waals surface area contributed by atoms with Crippen molar-refractivity contribution in [1.82, 2.24) is 9.80 Å². The minimum atomic E-state index is -1.13. The van der Waals surface area contributed by atoms with E-state index in [2.05, 4.69) is 17.0 Å². The molecule has 0 spiro atoms. The van der Waals surface area contributed by atoms with E-state index in [1.165, 1.54) is 10.5 Å². The van der Waals surface area contributed by atoms with E-state index in [0.29, 0.717) is 12.8 Å². The van der Waals surface area contributed by atoms with Gasteiger partial charge in [0.1, 0.15) is 11.3 Å². The number of carbonyl (C=O) groups is 1. The Morgan fingerprint density at radius 1 is 1.26 bits per heavy atom. The predicted octanol–water partition coefficient (Wildman–Crippen LogP) is 2.84. The first-order valence-electron chi connectivity index (χ1n) is 8.15. The van der Waals surface area contributed by atoms with Crippen molar-refractivity contribution in [3.63, 3.8) is 0 Å². The van der Waals surface area contributed by atoms with Crippen LogP contribution in [0.5, 0.6) is 0 Å². The van der Waals surface area contributed by atoms with Crippen molar-refractivity contribution >= 4 is 6.09 Å². The SMILES string of the molecule is CN(C(=O)OC(C)(C)C)C1(O)CCN(Cc2ccccc2)CC1. The van der Waals surface area contributed by atoms with Crippen LogP contribution >= 0.6 is 0 Å². The number of piperidine rings is 1. The molecule has 1 aromatic carbocycles. The van der Waals surface area contributed by atoms with E-state index in [1.807, 2.05) is 39.0 Å². The fraction of sp³-hybridized carbons (Fsp3) is 0.611. The van der Waals surface area contributed by atoms with Crippen molar-refractivity contribution in [2.75, 3.05) is 20.1 Å². The zero-order valence-electron chi connectivity index (χ0n) is 14.6. The number of aliphatic hydroxyl groups is 1. The summed E-state index contributed by atoms with van der Waals surface area (Å²) >= 11 is 0. The molecule has 1 aliphatic rings. The fourth-order valence-electron chi connectivity index (χ4n) is 2.75. The van der Waals surface area contributed by atoms with E-state index in [1.54, 1.807) is 7.05 Å². The van der Waals surface area contributed by atoms with Gasteiger partial charge in [0.2, 0.25) is 0 Å². The lowest BCUT2D eigenvalue weighted by atomic mass is 9.98. The summed E-state index contributed by atoms with van der Waals surface area (Å²) in [5.41, 5.74) is -0.427. The van der Waals surface area contributed by atoms with Crippen molar-refractivity contribution in [1.29, 1.82) is 0 Å². The molecule has 5 heteroatoms. The molecule has 0 atom stereocenters. The summed E-state index contributed by atoms with van der Waals surface area (Å²) in [5.74, 6) is 0. The van der Waals surface area contributed by atoms with Crippen molar-refractivity contribution in [3.05, 3.63) is 35.9 Å². The van der Waals surface area contributed by atoms with Gasteiger partial charge in [0.05, 0.1) is 0 Å². The zero-order chi connectivity index (χ0) is 17.1. The van der Waals surface area contributed by atoms with Gasteiger partial charge in [-0.1, -0.05) is 30.3 Å². The third kappa shape index (κ3) is 4.94. The number of ether oxygens (including phenoxy) is 1. The lowest BCUT2D eigenvalue weighted by Crippen LogP contribution is -2.56. The second-order valence-electron chi connectivity index (χ2n) is 7.28. The van der Waals surface area contributed by atoms with Crippen LogP contribution in [0.2, 0.25) is 0 Å². The Hall–Kier alpha value is -1.59. The first kappa shape index (κ1) is 17.8. The van der Waals surface area contributed by atoms with Crippen LogP contribution in [0.15, 0.2) is 30.3 Å². The molecule has 1 N–H and O–H groups in total. The third-order valence-corrected chi connectivity index (χ3v) is 4.20. The molecule has 1 saturated heterocycles. The fourth-order valence-corrected chi connectivity index (χ4v) is 2.75. The summed E-state index contributed by atoms with van der Waals surface area (Å²) in [7, 11) is 1.61. The van der Waals surface area contributed by atoms with Crippen LogP contribution in [-0.4, -0.2) is 52.5 Å². The van der Waals surface area contributed by atoms with Crippen LogP contribution in [0.1, 0.15) is 39.2 Å². The van der Waals surface area contributed by atoms with Crippen molar-refractivity contribution in [2.45, 2.75) is 51.5 Å². The highest BCUT2D eigenvalue weighted by atomic mass is 16.6. The van der Waals surface area contributed by atoms with Gasteiger partial charge in [0.15, 0.2) is 0 Å². The second-order valence-corrected chi connectivity index (χ2v) is 7.28. The van der Waals surface area contributed by atoms with E-state index in [0.717, 1.165) is 19.6 Å². The molecule has 0 radical (unpaired) electrons. The molecular formula is C18H28N2O3. The number of hydrogen-bond donors (Lipinski definition) is 1. The summed E-state index contributed by atoms with van der Waals surface area (Å²) < 4.78 is 5.35. The maximum absolute atomic E-state index is 12.2. The predicted molar refractivity (Wildman–Crippen MR) is 89.9 cm³/mol. The van der Waals surface area contributed by atoms with Crippen LogP contribution in [0.4, 0.5) is 4.79 Å². The van der Waals surface area contributed by atoms with Crippen molar-refractivity contribution < 1.29 is 14.6 Å². The standard InChI is InChI=1S/C18H28N2O3/c1-17(2,3)23-16(21)19(4)18(22)10-12-20(13-11-18)14-15-8-6-5-7-9-15/h5-9,22H,10-14H2,1-4H3. The van der Waals surface area contributed by atoms with Gasteiger partial charge in [-0.05, 0) is 26.3 Å². The molecule has 1 fully saturated rings. The van der Waals surface area contributed by atoms with E-state index < -0.39 is 17.4 Å². The van der Waals surface area contributed by atoms with Crippen LogP contribution in [0.25, 0.3) is 0 Å². The van der Waals surface area contributed by atoms with Gasteiger partial charge in [-0.15, -0.1) is 0 Å². The summed E-state index contributed by atoms with van der Waals surface area (Å²) in [6, 6.07) is 10.3. The van der Waals surface area contributed by atoms with E-state index in [4.69, 9.17) is 4.74 Å². The Bertz CT molecular complexity index is 517. The van der Waals surface area contributed by atoms with Crippen LogP contribution in [0, 0.1) is 0 Å². The minimum Gasteiger partial charge on any atom is -0.444 e. The third-order valence-electron chi connectivity index (χ3n) is 4.20. The number of carbonyl (C=O) groups excluding carboxylic acids is 1. The molecule has 1 amide bonds. The molecule has 23 heavy (non-hydrogen) atoms. The lowest BCUT2D eigenvalue weighted by molar-refractivity contribution is -0.127. The Kier molecular flexibility index (Phi) is 5.32. The number of rotatable bonds is 3. The van der Waals surface area contributed by atoms with E-state index >= 15 is 0 Å². The Labute approximate surface area is 138 Å².